The predicted molar refractivity (Wildman–Crippen MR) is 119 cm³/mol. The van der Waals surface area contributed by atoms with Crippen molar-refractivity contribution < 1.29 is 31.6 Å². The molecule has 3 amide bonds. The maximum Gasteiger partial charge on any atom is 0.303 e. The highest BCUT2D eigenvalue weighted by molar-refractivity contribution is 7.87. The molecular weight excluding hydrogens is 470 g/mol. The summed E-state index contributed by atoms with van der Waals surface area (Å²) in [6, 6.07) is 2.05. The second kappa shape index (κ2) is 10.8. The molecular formula is C22H30F2N4O5S. The van der Waals surface area contributed by atoms with Crippen molar-refractivity contribution in [1.82, 2.24) is 19.2 Å². The number of rotatable bonds is 9. The van der Waals surface area contributed by atoms with Crippen LogP contribution in [0.2, 0.25) is 0 Å². The lowest BCUT2D eigenvalue weighted by Crippen LogP contribution is -2.54. The third-order valence-corrected chi connectivity index (χ3v) is 7.65. The van der Waals surface area contributed by atoms with Crippen molar-refractivity contribution in [2.24, 2.45) is 5.92 Å². The van der Waals surface area contributed by atoms with Crippen molar-refractivity contribution in [3.05, 3.63) is 35.4 Å². The normalized spacial score (nSPS) is 20.1. The molecule has 12 heteroatoms. The van der Waals surface area contributed by atoms with Crippen molar-refractivity contribution in [2.45, 2.75) is 64.6 Å². The van der Waals surface area contributed by atoms with Gasteiger partial charge < -0.3 is 10.2 Å². The molecule has 0 aromatic heterocycles. The van der Waals surface area contributed by atoms with Crippen LogP contribution in [0, 0.1) is 17.6 Å². The Morgan fingerprint density at radius 2 is 1.85 bits per heavy atom. The van der Waals surface area contributed by atoms with Crippen LogP contribution in [0.25, 0.3) is 0 Å². The van der Waals surface area contributed by atoms with Gasteiger partial charge in [-0.25, -0.2) is 13.5 Å². The average Bonchev–Trinajstić information content (AvgIpc) is 3.41. The monoisotopic (exact) mass is 500 g/mol. The van der Waals surface area contributed by atoms with Crippen LogP contribution in [-0.2, 0) is 31.1 Å². The van der Waals surface area contributed by atoms with Crippen LogP contribution < -0.4 is 10.0 Å². The van der Waals surface area contributed by atoms with Crippen molar-refractivity contribution >= 4 is 27.9 Å². The summed E-state index contributed by atoms with van der Waals surface area (Å²) in [5.41, 5.74) is 0.00668. The van der Waals surface area contributed by atoms with Gasteiger partial charge in [-0.05, 0) is 31.2 Å². The standard InChI is InChI=1S/C22H30F2N4O5S/c1-14(2)21(22(31)26-34(32,33)27-10-3-4-11-27)25-18(29)12-16-8-9-19(30)28(16)13-15-6-5-7-17(23)20(15)24/h5-7,14,16,21H,3-4,8-13H2,1-2H3,(H,25,29)(H,26,31)/t16-,21-/m0/s1. The molecule has 188 valence electrons. The quantitative estimate of drug-likeness (QED) is 0.533. The highest BCUT2D eigenvalue weighted by Crippen LogP contribution is 2.25. The molecule has 9 nitrogen and oxygen atoms in total. The Balaban J connectivity index is 1.63. The van der Waals surface area contributed by atoms with E-state index in [1.807, 2.05) is 4.72 Å². The maximum absolute atomic E-state index is 14.1. The summed E-state index contributed by atoms with van der Waals surface area (Å²) in [5, 5.41) is 2.57. The van der Waals surface area contributed by atoms with Crippen LogP contribution in [0.1, 0.15) is 51.5 Å². The number of amides is 3. The number of likely N-dealkylation sites (tertiary alicyclic amines) is 1. The molecule has 0 bridgehead atoms. The van der Waals surface area contributed by atoms with E-state index in [0.717, 1.165) is 18.9 Å². The largest absolute Gasteiger partial charge is 0.344 e. The lowest BCUT2D eigenvalue weighted by atomic mass is 10.0. The topological polar surface area (TPSA) is 116 Å². The molecule has 2 fully saturated rings. The van der Waals surface area contributed by atoms with E-state index in [1.165, 1.54) is 21.3 Å². The fourth-order valence-corrected chi connectivity index (χ4v) is 5.49. The van der Waals surface area contributed by atoms with Gasteiger partial charge in [0, 0.05) is 44.1 Å². The Hall–Kier alpha value is -2.60. The fourth-order valence-electron chi connectivity index (χ4n) is 4.24. The van der Waals surface area contributed by atoms with Gasteiger partial charge in [0.15, 0.2) is 11.6 Å². The van der Waals surface area contributed by atoms with E-state index in [-0.39, 0.29) is 30.9 Å². The van der Waals surface area contributed by atoms with E-state index < -0.39 is 51.7 Å². The lowest BCUT2D eigenvalue weighted by Gasteiger charge is -2.27. The van der Waals surface area contributed by atoms with Gasteiger partial charge in [-0.15, -0.1) is 0 Å². The molecule has 34 heavy (non-hydrogen) atoms. The van der Waals surface area contributed by atoms with Crippen molar-refractivity contribution in [2.75, 3.05) is 13.1 Å². The second-order valence-corrected chi connectivity index (χ2v) is 10.7. The van der Waals surface area contributed by atoms with E-state index in [4.69, 9.17) is 0 Å². The zero-order chi connectivity index (χ0) is 25.0. The minimum absolute atomic E-state index is 0.00668. The number of nitrogens with one attached hydrogen (secondary N) is 2. The molecule has 2 saturated heterocycles. The zero-order valence-electron chi connectivity index (χ0n) is 19.2. The van der Waals surface area contributed by atoms with Crippen molar-refractivity contribution in [3.8, 4) is 0 Å². The Labute approximate surface area is 198 Å². The smallest absolute Gasteiger partial charge is 0.303 e. The zero-order valence-corrected chi connectivity index (χ0v) is 20.0. The highest BCUT2D eigenvalue weighted by Gasteiger charge is 2.35. The summed E-state index contributed by atoms with van der Waals surface area (Å²) in [6.07, 6.45) is 1.80. The van der Waals surface area contributed by atoms with Gasteiger partial charge in [0.2, 0.25) is 11.8 Å². The molecule has 2 atom stereocenters. The van der Waals surface area contributed by atoms with Crippen LogP contribution in [0.15, 0.2) is 18.2 Å². The number of hydrogen-bond acceptors (Lipinski definition) is 5. The first-order valence-electron chi connectivity index (χ1n) is 11.3. The fraction of sp³-hybridized carbons (Fsp3) is 0.591. The second-order valence-electron chi connectivity index (χ2n) is 9.00. The van der Waals surface area contributed by atoms with Gasteiger partial charge in [0.05, 0.1) is 0 Å². The number of carbonyl (C=O) groups excluding carboxylic acids is 3. The Kier molecular flexibility index (Phi) is 8.24. The molecule has 2 N–H and O–H groups in total. The van der Waals surface area contributed by atoms with Crippen LogP contribution in [-0.4, -0.2) is 60.5 Å². The summed E-state index contributed by atoms with van der Waals surface area (Å²) < 4.78 is 55.7. The molecule has 2 heterocycles. The lowest BCUT2D eigenvalue weighted by molar-refractivity contribution is -0.132. The summed E-state index contributed by atoms with van der Waals surface area (Å²) in [4.78, 5) is 39.1. The van der Waals surface area contributed by atoms with Gasteiger partial charge in [-0.1, -0.05) is 26.0 Å². The third-order valence-electron chi connectivity index (χ3n) is 6.15. The minimum atomic E-state index is -3.99. The molecule has 0 radical (unpaired) electrons. The van der Waals surface area contributed by atoms with Gasteiger partial charge >= 0.3 is 10.2 Å². The number of carbonyl (C=O) groups is 3. The Bertz CT molecular complexity index is 1040. The Morgan fingerprint density at radius 1 is 1.18 bits per heavy atom. The first kappa shape index (κ1) is 26.0. The molecule has 0 unspecified atom stereocenters. The number of hydrogen-bond donors (Lipinski definition) is 2. The van der Waals surface area contributed by atoms with E-state index in [9.17, 15) is 31.6 Å². The SMILES string of the molecule is CC(C)[C@H](NC(=O)C[C@@H]1CCC(=O)N1Cc1cccc(F)c1F)C(=O)NS(=O)(=O)N1CCCC1. The summed E-state index contributed by atoms with van der Waals surface area (Å²) in [6.45, 7) is 3.83. The van der Waals surface area contributed by atoms with Gasteiger partial charge in [0.1, 0.15) is 6.04 Å². The van der Waals surface area contributed by atoms with Gasteiger partial charge in [0.25, 0.3) is 5.91 Å². The number of benzene rings is 1. The first-order valence-corrected chi connectivity index (χ1v) is 12.8. The summed E-state index contributed by atoms with van der Waals surface area (Å²) >= 11 is 0. The Morgan fingerprint density at radius 3 is 2.50 bits per heavy atom. The molecule has 3 rings (SSSR count). The van der Waals surface area contributed by atoms with Gasteiger partial charge in [-0.3, -0.25) is 14.4 Å². The van der Waals surface area contributed by atoms with Crippen LogP contribution in [0.3, 0.4) is 0 Å². The minimum Gasteiger partial charge on any atom is -0.344 e. The third kappa shape index (κ3) is 6.09. The van der Waals surface area contributed by atoms with Crippen LogP contribution >= 0.6 is 0 Å². The van der Waals surface area contributed by atoms with Crippen LogP contribution in [0.5, 0.6) is 0 Å². The molecule has 0 spiro atoms. The maximum atomic E-state index is 14.1. The van der Waals surface area contributed by atoms with E-state index in [2.05, 4.69) is 5.32 Å². The van der Waals surface area contributed by atoms with E-state index >= 15 is 0 Å². The molecule has 0 aliphatic carbocycles. The molecule has 2 aliphatic heterocycles. The first-order chi connectivity index (χ1) is 16.0. The highest BCUT2D eigenvalue weighted by atomic mass is 32.2. The summed E-state index contributed by atoms with van der Waals surface area (Å²) in [7, 11) is -3.99. The number of nitrogens with zero attached hydrogens (tertiary/aromatic N) is 2. The van der Waals surface area contributed by atoms with Crippen LogP contribution in [0.4, 0.5) is 8.78 Å². The molecule has 1 aromatic rings. The van der Waals surface area contributed by atoms with Crippen molar-refractivity contribution in [1.29, 1.82) is 0 Å². The molecule has 2 aliphatic rings. The summed E-state index contributed by atoms with van der Waals surface area (Å²) in [5.74, 6) is -4.13. The predicted octanol–water partition coefficient (Wildman–Crippen LogP) is 1.44. The molecule has 0 saturated carbocycles. The molecule has 1 aromatic carbocycles. The van der Waals surface area contributed by atoms with E-state index in [1.54, 1.807) is 13.8 Å². The van der Waals surface area contributed by atoms with E-state index in [0.29, 0.717) is 19.5 Å². The average molecular weight is 501 g/mol. The number of halogens is 2. The van der Waals surface area contributed by atoms with Gasteiger partial charge in [-0.2, -0.15) is 12.7 Å². The van der Waals surface area contributed by atoms with Crippen molar-refractivity contribution in [3.63, 3.8) is 0 Å².